The van der Waals surface area contributed by atoms with Crippen molar-refractivity contribution in [2.75, 3.05) is 6.61 Å². The molecule has 1 heterocycles. The van der Waals surface area contributed by atoms with Crippen LogP contribution in [0.15, 0.2) is 87.6 Å². The first kappa shape index (κ1) is 25.1. The second kappa shape index (κ2) is 10.7. The maximum absolute atomic E-state index is 12.8. The molecule has 0 fully saturated rings. The molecule has 0 saturated carbocycles. The van der Waals surface area contributed by atoms with Crippen LogP contribution in [0.1, 0.15) is 18.1 Å². The van der Waals surface area contributed by atoms with Crippen molar-refractivity contribution < 1.29 is 34.4 Å². The van der Waals surface area contributed by atoms with E-state index in [0.29, 0.717) is 11.1 Å². The first-order valence-electron chi connectivity index (χ1n) is 11.3. The molecule has 0 amide bonds. The lowest BCUT2D eigenvalue weighted by atomic mass is 10.0. The Balaban J connectivity index is 1.47. The average molecular weight is 501 g/mol. The Morgan fingerprint density at radius 1 is 0.946 bits per heavy atom. The highest BCUT2D eigenvalue weighted by Gasteiger charge is 2.17. The van der Waals surface area contributed by atoms with Crippen LogP contribution in [0.3, 0.4) is 0 Å². The highest BCUT2D eigenvalue weighted by molar-refractivity contribution is 5.88. The number of carbonyl (C=O) groups is 1. The summed E-state index contributed by atoms with van der Waals surface area (Å²) in [6.07, 6.45) is 4.58. The summed E-state index contributed by atoms with van der Waals surface area (Å²) in [6.45, 7) is 1.72. The molecule has 3 aromatic carbocycles. The number of carbonyl (C=O) groups excluding carboxylic acids is 1. The summed E-state index contributed by atoms with van der Waals surface area (Å²) >= 11 is 0. The van der Waals surface area contributed by atoms with Crippen molar-refractivity contribution in [2.24, 2.45) is 0 Å². The smallest absolute Gasteiger partial charge is 0.331 e. The first-order chi connectivity index (χ1) is 17.7. The number of esters is 1. The number of hydrogen-bond donors (Lipinski definition) is 4. The van der Waals surface area contributed by atoms with Gasteiger partial charge in [0.2, 0.25) is 0 Å². The largest absolute Gasteiger partial charge is 0.508 e. The second-order valence-electron chi connectivity index (χ2n) is 8.40. The molecular formula is C29H24O8. The molecule has 0 atom stereocenters. The van der Waals surface area contributed by atoms with E-state index >= 15 is 0 Å². The van der Waals surface area contributed by atoms with Gasteiger partial charge in [-0.15, -0.1) is 0 Å². The second-order valence-corrected chi connectivity index (χ2v) is 8.40. The van der Waals surface area contributed by atoms with Gasteiger partial charge in [0.15, 0.2) is 5.43 Å². The maximum atomic E-state index is 12.8. The SMILES string of the molecule is C/C(=C\Cc1c(O)cc2oc(-c3ccc(O)cc3)cc(=O)c2c1O)COC(=O)/C=C/c1ccc(O)cc1. The van der Waals surface area contributed by atoms with Crippen LogP contribution < -0.4 is 5.43 Å². The summed E-state index contributed by atoms with van der Waals surface area (Å²) in [5, 5.41) is 39.9. The number of allylic oxidation sites excluding steroid dienone is 1. The topological polar surface area (TPSA) is 137 Å². The summed E-state index contributed by atoms with van der Waals surface area (Å²) in [6, 6.07) is 14.9. The van der Waals surface area contributed by atoms with Gasteiger partial charge in [0.05, 0.1) is 0 Å². The number of benzene rings is 3. The summed E-state index contributed by atoms with van der Waals surface area (Å²) in [4.78, 5) is 24.8. The van der Waals surface area contributed by atoms with Gasteiger partial charge in [0.25, 0.3) is 0 Å². The van der Waals surface area contributed by atoms with E-state index in [-0.39, 0.29) is 58.3 Å². The van der Waals surface area contributed by atoms with Gasteiger partial charge >= 0.3 is 5.97 Å². The standard InChI is InChI=1S/C29H24O8/c1-17(16-36-27(34)13-5-18-3-8-20(30)9-4-18)2-12-22-23(32)14-26-28(29(22)35)24(33)15-25(37-26)19-6-10-21(31)11-7-19/h2-11,13-15,30-32,35H,12,16H2,1H3/b13-5+,17-2+. The van der Waals surface area contributed by atoms with E-state index in [9.17, 15) is 30.0 Å². The van der Waals surface area contributed by atoms with Crippen LogP contribution in [-0.2, 0) is 16.0 Å². The Bertz CT molecular complexity index is 1560. The third-order valence-electron chi connectivity index (χ3n) is 5.63. The van der Waals surface area contributed by atoms with Crippen LogP contribution in [0.4, 0.5) is 0 Å². The van der Waals surface area contributed by atoms with E-state index in [1.165, 1.54) is 42.5 Å². The Hall–Kier alpha value is -4.98. The zero-order valence-corrected chi connectivity index (χ0v) is 19.8. The van der Waals surface area contributed by atoms with E-state index in [4.69, 9.17) is 9.15 Å². The van der Waals surface area contributed by atoms with Crippen molar-refractivity contribution in [1.29, 1.82) is 0 Å². The fourth-order valence-corrected chi connectivity index (χ4v) is 3.62. The van der Waals surface area contributed by atoms with Crippen molar-refractivity contribution in [3.05, 3.63) is 99.7 Å². The van der Waals surface area contributed by atoms with Crippen molar-refractivity contribution in [2.45, 2.75) is 13.3 Å². The number of ether oxygens (including phenoxy) is 1. The van der Waals surface area contributed by atoms with Crippen LogP contribution in [0.25, 0.3) is 28.4 Å². The Kier molecular flexibility index (Phi) is 7.29. The minimum Gasteiger partial charge on any atom is -0.508 e. The van der Waals surface area contributed by atoms with Gasteiger partial charge in [-0.1, -0.05) is 18.2 Å². The highest BCUT2D eigenvalue weighted by atomic mass is 16.5. The molecule has 8 nitrogen and oxygen atoms in total. The minimum absolute atomic E-state index is 0.00795. The van der Waals surface area contributed by atoms with Crippen LogP contribution in [-0.4, -0.2) is 33.0 Å². The molecule has 1 aromatic heterocycles. The van der Waals surface area contributed by atoms with Gasteiger partial charge < -0.3 is 29.6 Å². The minimum atomic E-state index is -0.556. The van der Waals surface area contributed by atoms with Crippen LogP contribution in [0.2, 0.25) is 0 Å². The predicted molar refractivity (Wildman–Crippen MR) is 138 cm³/mol. The van der Waals surface area contributed by atoms with Crippen LogP contribution >= 0.6 is 0 Å². The monoisotopic (exact) mass is 500 g/mol. The van der Waals surface area contributed by atoms with Gasteiger partial charge in [-0.2, -0.15) is 0 Å². The zero-order chi connectivity index (χ0) is 26.5. The van der Waals surface area contributed by atoms with Crippen molar-refractivity contribution in [3.63, 3.8) is 0 Å². The van der Waals surface area contributed by atoms with E-state index < -0.39 is 11.4 Å². The van der Waals surface area contributed by atoms with Gasteiger partial charge in [0.1, 0.15) is 46.3 Å². The number of phenolic OH excluding ortho intramolecular Hbond substituents is 4. The molecule has 0 radical (unpaired) electrons. The number of rotatable bonds is 7. The third-order valence-corrected chi connectivity index (χ3v) is 5.63. The molecule has 37 heavy (non-hydrogen) atoms. The number of hydrogen-bond acceptors (Lipinski definition) is 8. The average Bonchev–Trinajstić information content (AvgIpc) is 2.87. The summed E-state index contributed by atoms with van der Waals surface area (Å²) in [5.74, 6) is -0.785. The van der Waals surface area contributed by atoms with Gasteiger partial charge in [-0.25, -0.2) is 4.79 Å². The number of phenols is 4. The molecule has 0 bridgehead atoms. The molecule has 0 aliphatic carbocycles. The maximum Gasteiger partial charge on any atom is 0.331 e. The quantitative estimate of drug-likeness (QED) is 0.158. The molecule has 0 aliphatic heterocycles. The van der Waals surface area contributed by atoms with E-state index in [1.807, 2.05) is 0 Å². The Morgan fingerprint density at radius 2 is 1.59 bits per heavy atom. The van der Waals surface area contributed by atoms with E-state index in [1.54, 1.807) is 43.3 Å². The molecule has 0 unspecified atom stereocenters. The lowest BCUT2D eigenvalue weighted by Gasteiger charge is -2.10. The van der Waals surface area contributed by atoms with Crippen molar-refractivity contribution in [1.82, 2.24) is 0 Å². The normalized spacial score (nSPS) is 11.8. The molecule has 0 spiro atoms. The highest BCUT2D eigenvalue weighted by Crippen LogP contribution is 2.36. The molecule has 4 N–H and O–H groups in total. The van der Waals surface area contributed by atoms with Crippen LogP contribution in [0.5, 0.6) is 23.0 Å². The predicted octanol–water partition coefficient (Wildman–Crippen LogP) is 5.03. The van der Waals surface area contributed by atoms with E-state index in [2.05, 4.69) is 0 Å². The molecule has 4 aromatic rings. The molecular weight excluding hydrogens is 476 g/mol. The van der Waals surface area contributed by atoms with Gasteiger partial charge in [0, 0.05) is 29.3 Å². The molecule has 4 rings (SSSR count). The summed E-state index contributed by atoms with van der Waals surface area (Å²) in [5.41, 5.74) is 1.60. The molecule has 188 valence electrons. The van der Waals surface area contributed by atoms with Crippen molar-refractivity contribution >= 4 is 23.0 Å². The Labute approximate surface area is 211 Å². The van der Waals surface area contributed by atoms with E-state index in [0.717, 1.165) is 5.56 Å². The lowest BCUT2D eigenvalue weighted by molar-refractivity contribution is -0.136. The molecule has 0 saturated heterocycles. The zero-order valence-electron chi connectivity index (χ0n) is 19.8. The third kappa shape index (κ3) is 5.99. The van der Waals surface area contributed by atoms with Crippen LogP contribution in [0, 0.1) is 0 Å². The molecule has 0 aliphatic rings. The van der Waals surface area contributed by atoms with Gasteiger partial charge in [-0.3, -0.25) is 4.79 Å². The Morgan fingerprint density at radius 3 is 2.27 bits per heavy atom. The van der Waals surface area contributed by atoms with Crippen molar-refractivity contribution in [3.8, 4) is 34.3 Å². The number of aromatic hydroxyl groups is 4. The van der Waals surface area contributed by atoms with Gasteiger partial charge in [-0.05, 0) is 67.0 Å². The summed E-state index contributed by atoms with van der Waals surface area (Å²) in [7, 11) is 0. The summed E-state index contributed by atoms with van der Waals surface area (Å²) < 4.78 is 10.9. The number of fused-ring (bicyclic) bond motifs is 1. The molecule has 8 heteroatoms. The fraction of sp³-hybridized carbons (Fsp3) is 0.103. The lowest BCUT2D eigenvalue weighted by Crippen LogP contribution is -2.04. The first-order valence-corrected chi connectivity index (χ1v) is 11.3. The fourth-order valence-electron chi connectivity index (χ4n) is 3.62.